The molecule has 0 aromatic rings. The molecule has 0 radical (unpaired) electrons. The molecular weight excluding hydrogens is 458 g/mol. The minimum atomic E-state index is -1.68. The Morgan fingerprint density at radius 2 is 1.56 bits per heavy atom. The Morgan fingerprint density at radius 3 is 2.15 bits per heavy atom. The Balaban J connectivity index is 1.79. The quantitative estimate of drug-likeness (QED) is 0.148. The lowest BCUT2D eigenvalue weighted by Crippen LogP contribution is -2.66. The van der Waals surface area contributed by atoms with E-state index in [2.05, 4.69) is 5.32 Å². The van der Waals surface area contributed by atoms with E-state index in [9.17, 15) is 51.1 Å². The van der Waals surface area contributed by atoms with Gasteiger partial charge in [-0.1, -0.05) is 13.0 Å². The fourth-order valence-corrected chi connectivity index (χ4v) is 4.92. The summed E-state index contributed by atoms with van der Waals surface area (Å²) in [7, 11) is 0. The van der Waals surface area contributed by atoms with Crippen molar-refractivity contribution in [2.24, 2.45) is 5.92 Å². The first-order chi connectivity index (χ1) is 16.0. The Morgan fingerprint density at radius 1 is 0.882 bits per heavy atom. The van der Waals surface area contributed by atoms with Crippen molar-refractivity contribution in [2.75, 3.05) is 13.2 Å². The smallest absolute Gasteiger partial charge is 0.187 e. The zero-order valence-corrected chi connectivity index (χ0v) is 18.8. The van der Waals surface area contributed by atoms with Gasteiger partial charge in [0.15, 0.2) is 6.29 Å². The number of nitrogens with one attached hydrogen (secondary N) is 1. The highest BCUT2D eigenvalue weighted by atomic mass is 16.7. The molecule has 14 atom stereocenters. The summed E-state index contributed by atoms with van der Waals surface area (Å²) in [6.45, 7) is 0.644. The molecule has 2 fully saturated rings. The molecule has 13 heteroatoms. The SMILES string of the molecule is CCC1OC(OC2C(O)C(CO)CC(NC3C=C(CO)C(O)C(O)C3O)C2O)C(O)C(O)C1O. The molecule has 14 unspecified atom stereocenters. The highest BCUT2D eigenvalue weighted by Crippen LogP contribution is 2.33. The predicted molar refractivity (Wildman–Crippen MR) is 113 cm³/mol. The van der Waals surface area contributed by atoms with Gasteiger partial charge in [0.05, 0.1) is 31.0 Å². The van der Waals surface area contributed by atoms with Crippen LogP contribution in [-0.2, 0) is 9.47 Å². The van der Waals surface area contributed by atoms with Crippen molar-refractivity contribution < 1.29 is 60.5 Å². The second-order valence-electron chi connectivity index (χ2n) is 9.31. The van der Waals surface area contributed by atoms with Crippen LogP contribution in [0.25, 0.3) is 0 Å². The molecule has 3 rings (SSSR count). The first-order valence-electron chi connectivity index (χ1n) is 11.5. The van der Waals surface area contributed by atoms with E-state index in [1.807, 2.05) is 0 Å². The molecule has 3 aliphatic rings. The normalized spacial score (nSPS) is 50.1. The van der Waals surface area contributed by atoms with Crippen LogP contribution in [-0.4, -0.2) is 144 Å². The summed E-state index contributed by atoms with van der Waals surface area (Å²) in [5.41, 5.74) is 0.0732. The number of rotatable bonds is 7. The zero-order valence-electron chi connectivity index (χ0n) is 18.8. The Hall–Kier alpha value is -0.780. The van der Waals surface area contributed by atoms with Gasteiger partial charge in [0.2, 0.25) is 0 Å². The molecule has 11 N–H and O–H groups in total. The number of hydrogen-bond acceptors (Lipinski definition) is 13. The monoisotopic (exact) mass is 495 g/mol. The van der Waals surface area contributed by atoms with E-state index in [1.165, 1.54) is 6.08 Å². The van der Waals surface area contributed by atoms with Crippen LogP contribution in [0.3, 0.4) is 0 Å². The molecular formula is C21H37NO12. The topological polar surface area (TPSA) is 233 Å². The molecule has 0 aromatic carbocycles. The van der Waals surface area contributed by atoms with Gasteiger partial charge in [0.1, 0.15) is 42.7 Å². The molecule has 1 saturated carbocycles. The fourth-order valence-electron chi connectivity index (χ4n) is 4.92. The summed E-state index contributed by atoms with van der Waals surface area (Å²) in [6, 6.07) is -1.89. The Labute approximate surface area is 196 Å². The van der Waals surface area contributed by atoms with Crippen LogP contribution >= 0.6 is 0 Å². The van der Waals surface area contributed by atoms with Crippen LogP contribution in [0.2, 0.25) is 0 Å². The van der Waals surface area contributed by atoms with E-state index in [0.29, 0.717) is 0 Å². The molecule has 1 heterocycles. The highest BCUT2D eigenvalue weighted by molar-refractivity contribution is 5.22. The molecule has 0 bridgehead atoms. The lowest BCUT2D eigenvalue weighted by Gasteiger charge is -2.47. The minimum Gasteiger partial charge on any atom is -0.396 e. The third-order valence-electron chi connectivity index (χ3n) is 7.13. The fraction of sp³-hybridized carbons (Fsp3) is 0.905. The Kier molecular flexibility index (Phi) is 9.42. The second-order valence-corrected chi connectivity index (χ2v) is 9.31. The maximum atomic E-state index is 11.0. The van der Waals surface area contributed by atoms with Gasteiger partial charge in [0.25, 0.3) is 0 Å². The third kappa shape index (κ3) is 5.32. The molecule has 2 aliphatic carbocycles. The predicted octanol–water partition coefficient (Wildman–Crippen LogP) is -5.33. The third-order valence-corrected chi connectivity index (χ3v) is 7.13. The van der Waals surface area contributed by atoms with Gasteiger partial charge in [-0.05, 0) is 18.4 Å². The Bertz CT molecular complexity index is 695. The van der Waals surface area contributed by atoms with E-state index in [4.69, 9.17) is 9.47 Å². The molecule has 0 amide bonds. The van der Waals surface area contributed by atoms with E-state index >= 15 is 0 Å². The second kappa shape index (κ2) is 11.5. The van der Waals surface area contributed by atoms with E-state index in [0.717, 1.165) is 0 Å². The van der Waals surface area contributed by atoms with Crippen molar-refractivity contribution in [3.8, 4) is 0 Å². The molecule has 34 heavy (non-hydrogen) atoms. The van der Waals surface area contributed by atoms with Gasteiger partial charge in [0, 0.05) is 18.6 Å². The van der Waals surface area contributed by atoms with Crippen LogP contribution in [0.4, 0.5) is 0 Å². The van der Waals surface area contributed by atoms with Crippen LogP contribution in [0.15, 0.2) is 11.6 Å². The summed E-state index contributed by atoms with van der Waals surface area (Å²) in [4.78, 5) is 0. The van der Waals surface area contributed by atoms with Gasteiger partial charge < -0.3 is 65.9 Å². The summed E-state index contributed by atoms with van der Waals surface area (Å²) >= 11 is 0. The maximum absolute atomic E-state index is 11.0. The van der Waals surface area contributed by atoms with Crippen LogP contribution in [0, 0.1) is 5.92 Å². The van der Waals surface area contributed by atoms with Crippen molar-refractivity contribution >= 4 is 0 Å². The summed E-state index contributed by atoms with van der Waals surface area (Å²) in [5.74, 6) is -0.790. The zero-order chi connectivity index (χ0) is 25.3. The van der Waals surface area contributed by atoms with Crippen molar-refractivity contribution in [1.29, 1.82) is 0 Å². The summed E-state index contributed by atoms with van der Waals surface area (Å²) in [6.07, 6.45) is -14.1. The summed E-state index contributed by atoms with van der Waals surface area (Å²) < 4.78 is 11.2. The lowest BCUT2D eigenvalue weighted by molar-refractivity contribution is -0.327. The van der Waals surface area contributed by atoms with Crippen molar-refractivity contribution in [3.63, 3.8) is 0 Å². The van der Waals surface area contributed by atoms with Gasteiger partial charge in [-0.3, -0.25) is 0 Å². The standard InChI is InChI=1S/C21H37NO12/c1-2-11-16(29)18(31)19(32)21(33-11)34-20-13(26)8(6-24)4-10(15(20)28)22-9-3-7(5-23)12(25)17(30)14(9)27/h3,8-32H,2,4-6H2,1H3. The number of aliphatic hydroxyl groups excluding tert-OH is 10. The van der Waals surface area contributed by atoms with Gasteiger partial charge in [-0.25, -0.2) is 0 Å². The van der Waals surface area contributed by atoms with E-state index in [-0.39, 0.29) is 18.4 Å². The van der Waals surface area contributed by atoms with E-state index in [1.54, 1.807) is 6.92 Å². The first kappa shape index (κ1) is 27.8. The van der Waals surface area contributed by atoms with Gasteiger partial charge in [-0.2, -0.15) is 0 Å². The molecule has 13 nitrogen and oxygen atoms in total. The van der Waals surface area contributed by atoms with Crippen LogP contribution < -0.4 is 5.32 Å². The molecule has 198 valence electrons. The molecule has 1 aliphatic heterocycles. The lowest BCUT2D eigenvalue weighted by atomic mass is 9.78. The van der Waals surface area contributed by atoms with Crippen LogP contribution in [0.1, 0.15) is 19.8 Å². The average Bonchev–Trinajstić information content (AvgIpc) is 2.83. The largest absolute Gasteiger partial charge is 0.396 e. The molecule has 0 spiro atoms. The van der Waals surface area contributed by atoms with Crippen LogP contribution in [0.5, 0.6) is 0 Å². The minimum absolute atomic E-state index is 0.0376. The van der Waals surface area contributed by atoms with Crippen molar-refractivity contribution in [1.82, 2.24) is 5.32 Å². The maximum Gasteiger partial charge on any atom is 0.187 e. The van der Waals surface area contributed by atoms with Gasteiger partial charge in [-0.15, -0.1) is 0 Å². The first-order valence-corrected chi connectivity index (χ1v) is 11.5. The number of aliphatic hydroxyl groups is 10. The highest BCUT2D eigenvalue weighted by Gasteiger charge is 2.50. The van der Waals surface area contributed by atoms with Crippen molar-refractivity contribution in [2.45, 2.75) is 99.2 Å². The van der Waals surface area contributed by atoms with Gasteiger partial charge >= 0.3 is 0 Å². The number of hydrogen-bond donors (Lipinski definition) is 11. The van der Waals surface area contributed by atoms with Crippen molar-refractivity contribution in [3.05, 3.63) is 11.6 Å². The van der Waals surface area contributed by atoms with E-state index < -0.39 is 98.5 Å². The molecule has 1 saturated heterocycles. The summed E-state index contributed by atoms with van der Waals surface area (Å²) in [5, 5.41) is 105. The molecule has 0 aromatic heterocycles. The average molecular weight is 496 g/mol. The number of ether oxygens (including phenoxy) is 2.